The highest BCUT2D eigenvalue weighted by Gasteiger charge is 2.25. The van der Waals surface area contributed by atoms with E-state index in [-0.39, 0.29) is 0 Å². The molecule has 0 spiro atoms. The maximum atomic E-state index is 5.12. The summed E-state index contributed by atoms with van der Waals surface area (Å²) in [6.07, 6.45) is 6.60. The van der Waals surface area contributed by atoms with Crippen LogP contribution in [0.4, 0.5) is 0 Å². The van der Waals surface area contributed by atoms with Gasteiger partial charge in [0.1, 0.15) is 11.2 Å². The fourth-order valence-electron chi connectivity index (χ4n) is 7.16. The van der Waals surface area contributed by atoms with E-state index in [1.54, 1.807) is 0 Å². The van der Waals surface area contributed by atoms with Crippen LogP contribution in [0.5, 0.6) is 0 Å². The van der Waals surface area contributed by atoms with Crippen LogP contribution in [0.3, 0.4) is 0 Å². The minimum Gasteiger partial charge on any atom is -0.309 e. The summed E-state index contributed by atoms with van der Waals surface area (Å²) in [5, 5.41) is 5.90. The van der Waals surface area contributed by atoms with Crippen LogP contribution in [0.1, 0.15) is 11.1 Å². The Morgan fingerprint density at radius 3 is 2.46 bits per heavy atom. The van der Waals surface area contributed by atoms with E-state index in [1.165, 1.54) is 44.1 Å². The summed E-state index contributed by atoms with van der Waals surface area (Å²) in [5.41, 5.74) is 12.8. The smallest absolute Gasteiger partial charge is 0.164 e. The molecular formula is C36H21N5. The minimum absolute atomic E-state index is 0.865. The summed E-state index contributed by atoms with van der Waals surface area (Å²) in [5.74, 6) is 0. The first-order chi connectivity index (χ1) is 20.3. The summed E-state index contributed by atoms with van der Waals surface area (Å²) in [7, 11) is 0. The first-order valence-electron chi connectivity index (χ1n) is 13.9. The summed E-state index contributed by atoms with van der Waals surface area (Å²) in [4.78, 5) is 14.4. The molecule has 190 valence electrons. The molecule has 5 aromatic heterocycles. The highest BCUT2D eigenvalue weighted by atomic mass is 15.1. The molecule has 0 fully saturated rings. The Bertz CT molecular complexity index is 2550. The Labute approximate surface area is 234 Å². The Morgan fingerprint density at radius 1 is 0.610 bits per heavy atom. The normalized spacial score (nSPS) is 12.8. The van der Waals surface area contributed by atoms with Gasteiger partial charge in [0.15, 0.2) is 5.65 Å². The van der Waals surface area contributed by atoms with Crippen LogP contribution in [-0.2, 0) is 6.42 Å². The molecule has 0 N–H and O–H groups in total. The van der Waals surface area contributed by atoms with Gasteiger partial charge >= 0.3 is 0 Å². The number of pyridine rings is 3. The van der Waals surface area contributed by atoms with Gasteiger partial charge in [-0.3, -0.25) is 9.38 Å². The Hall–Kier alpha value is -5.55. The number of hydrogen-bond donors (Lipinski definition) is 0. The van der Waals surface area contributed by atoms with Gasteiger partial charge in [-0.15, -0.1) is 0 Å². The summed E-state index contributed by atoms with van der Waals surface area (Å²) in [6.45, 7) is 0. The van der Waals surface area contributed by atoms with E-state index in [0.717, 1.165) is 50.6 Å². The molecule has 0 unspecified atom stereocenters. The Balaban J connectivity index is 1.45. The molecule has 4 aromatic carbocycles. The third kappa shape index (κ3) is 2.68. The molecule has 0 saturated carbocycles. The molecule has 0 saturated heterocycles. The lowest BCUT2D eigenvalue weighted by Crippen LogP contribution is -1.95. The molecule has 1 aliphatic carbocycles. The van der Waals surface area contributed by atoms with Crippen molar-refractivity contribution in [3.8, 4) is 16.8 Å². The van der Waals surface area contributed by atoms with E-state index < -0.39 is 0 Å². The van der Waals surface area contributed by atoms with Gasteiger partial charge in [-0.2, -0.15) is 0 Å². The van der Waals surface area contributed by atoms with E-state index in [9.17, 15) is 0 Å². The van der Waals surface area contributed by atoms with Crippen LogP contribution in [-0.4, -0.2) is 23.9 Å². The first-order valence-corrected chi connectivity index (χ1v) is 13.9. The van der Waals surface area contributed by atoms with Crippen molar-refractivity contribution in [3.63, 3.8) is 0 Å². The molecule has 5 nitrogen and oxygen atoms in total. The zero-order chi connectivity index (χ0) is 26.7. The van der Waals surface area contributed by atoms with Gasteiger partial charge in [0, 0.05) is 45.8 Å². The average Bonchev–Trinajstić information content (AvgIpc) is 3.70. The average molecular weight is 524 g/mol. The van der Waals surface area contributed by atoms with Crippen molar-refractivity contribution in [2.24, 2.45) is 0 Å². The number of para-hydroxylation sites is 1. The minimum atomic E-state index is 0.865. The molecule has 9 aromatic rings. The summed E-state index contributed by atoms with van der Waals surface area (Å²) in [6, 6.07) is 34.9. The molecule has 10 rings (SSSR count). The maximum Gasteiger partial charge on any atom is 0.164 e. The molecular weight excluding hydrogens is 502 g/mol. The molecule has 41 heavy (non-hydrogen) atoms. The lowest BCUT2D eigenvalue weighted by Gasteiger charge is -2.11. The maximum absolute atomic E-state index is 5.12. The van der Waals surface area contributed by atoms with Crippen LogP contribution in [0, 0.1) is 0 Å². The lowest BCUT2D eigenvalue weighted by molar-refractivity contribution is 1.18. The highest BCUT2D eigenvalue weighted by molar-refractivity contribution is 6.22. The topological polar surface area (TPSA) is 48.0 Å². The van der Waals surface area contributed by atoms with Gasteiger partial charge < -0.3 is 4.57 Å². The van der Waals surface area contributed by atoms with Gasteiger partial charge in [0.2, 0.25) is 0 Å². The van der Waals surface area contributed by atoms with Gasteiger partial charge in [0.25, 0.3) is 0 Å². The van der Waals surface area contributed by atoms with Crippen LogP contribution < -0.4 is 0 Å². The second kappa shape index (κ2) is 7.55. The molecule has 5 heterocycles. The number of fused-ring (bicyclic) bond motifs is 15. The van der Waals surface area contributed by atoms with Crippen molar-refractivity contribution in [1.29, 1.82) is 0 Å². The molecule has 5 heteroatoms. The van der Waals surface area contributed by atoms with Crippen molar-refractivity contribution in [1.82, 2.24) is 23.9 Å². The molecule has 1 aliphatic rings. The van der Waals surface area contributed by atoms with Crippen molar-refractivity contribution < 1.29 is 0 Å². The number of hydrogen-bond acceptors (Lipinski definition) is 3. The predicted octanol–water partition coefficient (Wildman–Crippen LogP) is 8.25. The van der Waals surface area contributed by atoms with Gasteiger partial charge in [0.05, 0.1) is 16.6 Å². The first kappa shape index (κ1) is 21.3. The van der Waals surface area contributed by atoms with Crippen LogP contribution in [0.2, 0.25) is 0 Å². The Morgan fingerprint density at radius 2 is 1.51 bits per heavy atom. The molecule has 0 aliphatic heterocycles. The van der Waals surface area contributed by atoms with E-state index >= 15 is 0 Å². The zero-order valence-electron chi connectivity index (χ0n) is 21.9. The largest absolute Gasteiger partial charge is 0.309 e. The molecule has 0 radical (unpaired) electrons. The van der Waals surface area contributed by atoms with E-state index in [2.05, 4.69) is 98.9 Å². The number of imidazole rings is 1. The number of nitrogens with zero attached hydrogens (tertiary/aromatic N) is 5. The quantitative estimate of drug-likeness (QED) is 0.204. The lowest BCUT2D eigenvalue weighted by atomic mass is 9.99. The molecule has 0 bridgehead atoms. The second-order valence-electron chi connectivity index (χ2n) is 10.9. The summed E-state index contributed by atoms with van der Waals surface area (Å²) < 4.78 is 4.61. The predicted molar refractivity (Wildman–Crippen MR) is 166 cm³/mol. The summed E-state index contributed by atoms with van der Waals surface area (Å²) >= 11 is 0. The molecule has 0 amide bonds. The van der Waals surface area contributed by atoms with E-state index in [4.69, 9.17) is 9.97 Å². The number of rotatable bonds is 1. The van der Waals surface area contributed by atoms with E-state index in [0.29, 0.717) is 0 Å². The monoisotopic (exact) mass is 523 g/mol. The molecule has 0 atom stereocenters. The third-order valence-electron chi connectivity index (χ3n) is 8.85. The van der Waals surface area contributed by atoms with Crippen LogP contribution in [0.25, 0.3) is 77.1 Å². The number of aromatic nitrogens is 5. The van der Waals surface area contributed by atoms with Crippen molar-refractivity contribution in [2.75, 3.05) is 0 Å². The number of benzene rings is 4. The highest BCUT2D eigenvalue weighted by Crippen LogP contribution is 2.46. The van der Waals surface area contributed by atoms with Crippen LogP contribution >= 0.6 is 0 Å². The zero-order valence-corrected chi connectivity index (χ0v) is 21.9. The van der Waals surface area contributed by atoms with Gasteiger partial charge in [-0.05, 0) is 82.6 Å². The third-order valence-corrected chi connectivity index (χ3v) is 8.85. The Kier molecular flexibility index (Phi) is 3.92. The standard InChI is InChI=1S/C36H21N5/c1-2-8-22(9-3-1)40-32-13-12-24-23-10-5-4-7-21(23)17-26(24)34(32)28-18-27-25(19-33(28)40)29-20-37-16-14-31(29)41-35(27)39-30-11-6-15-38-36(30)41/h1-16,18-20H,17H2. The fraction of sp³-hybridized carbons (Fsp3) is 0.0278. The van der Waals surface area contributed by atoms with Crippen molar-refractivity contribution in [2.45, 2.75) is 6.42 Å². The fourth-order valence-corrected chi connectivity index (χ4v) is 7.16. The van der Waals surface area contributed by atoms with Gasteiger partial charge in [-0.25, -0.2) is 9.97 Å². The SMILES string of the molecule is c1ccc(-n2c3cc4c5cnccc5n5c6ncccc6nc5c4cc3c3c4c(ccc32)-c2ccccc2C4)cc1. The van der Waals surface area contributed by atoms with Crippen molar-refractivity contribution in [3.05, 3.63) is 127 Å². The van der Waals surface area contributed by atoms with E-state index in [1.807, 2.05) is 30.7 Å². The van der Waals surface area contributed by atoms with Gasteiger partial charge in [-0.1, -0.05) is 48.5 Å². The van der Waals surface area contributed by atoms with Crippen molar-refractivity contribution >= 4 is 60.3 Å². The second-order valence-corrected chi connectivity index (χ2v) is 10.9. The van der Waals surface area contributed by atoms with Crippen LogP contribution in [0.15, 0.2) is 116 Å².